The van der Waals surface area contributed by atoms with Gasteiger partial charge in [0.05, 0.1) is 5.75 Å². The number of likely N-dealkylation sites (tertiary alicyclic amines) is 1. The molecule has 2 fully saturated rings. The van der Waals surface area contributed by atoms with Crippen LogP contribution in [0.5, 0.6) is 0 Å². The summed E-state index contributed by atoms with van der Waals surface area (Å²) in [6, 6.07) is 9.49. The highest BCUT2D eigenvalue weighted by Crippen LogP contribution is 2.23. The number of hydrogen-bond acceptors (Lipinski definition) is 3. The summed E-state index contributed by atoms with van der Waals surface area (Å²) in [4.78, 5) is 2.57. The molecule has 2 heterocycles. The maximum atomic E-state index is 12.6. The van der Waals surface area contributed by atoms with Crippen molar-refractivity contribution >= 4 is 10.0 Å². The highest BCUT2D eigenvalue weighted by atomic mass is 32.2. The predicted octanol–water partition coefficient (Wildman–Crippen LogP) is 2.71. The van der Waals surface area contributed by atoms with Gasteiger partial charge >= 0.3 is 0 Å². The molecule has 0 aliphatic carbocycles. The van der Waals surface area contributed by atoms with E-state index in [2.05, 4.69) is 4.90 Å². The Balaban J connectivity index is 1.49. The smallest absolute Gasteiger partial charge is 0.218 e. The van der Waals surface area contributed by atoms with Gasteiger partial charge in [-0.05, 0) is 50.3 Å². The third kappa shape index (κ3) is 4.78. The minimum absolute atomic E-state index is 0.130. The van der Waals surface area contributed by atoms with Gasteiger partial charge in [0, 0.05) is 19.6 Å². The zero-order valence-electron chi connectivity index (χ0n) is 13.9. The molecule has 1 aromatic carbocycles. The minimum atomic E-state index is -3.17. The number of sulfonamides is 1. The topological polar surface area (TPSA) is 40.6 Å². The van der Waals surface area contributed by atoms with Gasteiger partial charge in [-0.1, -0.05) is 36.8 Å². The minimum Gasteiger partial charge on any atom is -0.303 e. The molecule has 0 bridgehead atoms. The van der Waals surface area contributed by atoms with Crippen molar-refractivity contribution in [2.75, 3.05) is 32.7 Å². The van der Waals surface area contributed by atoms with E-state index in [1.807, 2.05) is 30.3 Å². The molecule has 0 saturated carbocycles. The van der Waals surface area contributed by atoms with Crippen molar-refractivity contribution in [2.45, 2.75) is 37.9 Å². The molecular formula is C18H28N2O2S. The maximum Gasteiger partial charge on any atom is 0.218 e. The van der Waals surface area contributed by atoms with Crippen LogP contribution in [-0.2, 0) is 15.8 Å². The van der Waals surface area contributed by atoms with E-state index in [9.17, 15) is 8.42 Å². The number of nitrogens with zero attached hydrogens (tertiary/aromatic N) is 2. The van der Waals surface area contributed by atoms with Crippen LogP contribution in [0.2, 0.25) is 0 Å². The standard InChI is InChI=1S/C18H28N2O2S/c21-23(22,16-18-7-3-1-4-8-18)20-13-9-17(10-14-20)15-19-11-5-2-6-12-19/h1,3-4,7-8,17H,2,5-6,9-16H2. The van der Waals surface area contributed by atoms with Crippen LogP contribution in [0.4, 0.5) is 0 Å². The lowest BCUT2D eigenvalue weighted by molar-refractivity contribution is 0.161. The van der Waals surface area contributed by atoms with Gasteiger partial charge in [-0.3, -0.25) is 0 Å². The fraction of sp³-hybridized carbons (Fsp3) is 0.667. The van der Waals surface area contributed by atoms with E-state index in [4.69, 9.17) is 0 Å². The molecular weight excluding hydrogens is 308 g/mol. The van der Waals surface area contributed by atoms with Crippen LogP contribution in [0.25, 0.3) is 0 Å². The molecule has 3 rings (SSSR count). The zero-order chi connectivity index (χ0) is 16.1. The Labute approximate surface area is 140 Å². The van der Waals surface area contributed by atoms with Crippen LogP contribution in [0.15, 0.2) is 30.3 Å². The van der Waals surface area contributed by atoms with Crippen LogP contribution < -0.4 is 0 Å². The van der Waals surface area contributed by atoms with E-state index in [1.165, 1.54) is 32.4 Å². The second-order valence-corrected chi connectivity index (χ2v) is 8.91. The molecule has 0 spiro atoms. The fourth-order valence-electron chi connectivity index (χ4n) is 3.75. The molecule has 5 heteroatoms. The first-order valence-electron chi connectivity index (χ1n) is 8.87. The average Bonchev–Trinajstić information content (AvgIpc) is 2.57. The Hall–Kier alpha value is -0.910. The fourth-order valence-corrected chi connectivity index (χ4v) is 5.32. The summed E-state index contributed by atoms with van der Waals surface area (Å²) in [6.45, 7) is 4.99. The first-order chi connectivity index (χ1) is 11.1. The summed E-state index contributed by atoms with van der Waals surface area (Å²) >= 11 is 0. The zero-order valence-corrected chi connectivity index (χ0v) is 14.7. The van der Waals surface area contributed by atoms with Crippen molar-refractivity contribution in [3.8, 4) is 0 Å². The lowest BCUT2D eigenvalue weighted by Gasteiger charge is -2.35. The third-order valence-corrected chi connectivity index (χ3v) is 6.97. The van der Waals surface area contributed by atoms with E-state index < -0.39 is 10.0 Å². The maximum absolute atomic E-state index is 12.6. The van der Waals surface area contributed by atoms with Gasteiger partial charge in [-0.2, -0.15) is 0 Å². The monoisotopic (exact) mass is 336 g/mol. The highest BCUT2D eigenvalue weighted by molar-refractivity contribution is 7.88. The Morgan fingerprint density at radius 2 is 1.57 bits per heavy atom. The molecule has 0 radical (unpaired) electrons. The van der Waals surface area contributed by atoms with E-state index >= 15 is 0 Å². The van der Waals surface area contributed by atoms with E-state index in [0.29, 0.717) is 19.0 Å². The molecule has 0 aromatic heterocycles. The number of rotatable bonds is 5. The van der Waals surface area contributed by atoms with Crippen LogP contribution in [-0.4, -0.2) is 50.3 Å². The molecule has 2 aliphatic rings. The number of benzene rings is 1. The van der Waals surface area contributed by atoms with Gasteiger partial charge in [0.25, 0.3) is 0 Å². The molecule has 2 saturated heterocycles. The molecule has 2 aliphatic heterocycles. The van der Waals surface area contributed by atoms with Gasteiger partial charge in [0.2, 0.25) is 10.0 Å². The summed E-state index contributed by atoms with van der Waals surface area (Å²) in [5, 5.41) is 0. The molecule has 0 unspecified atom stereocenters. The second kappa shape index (κ2) is 7.77. The summed E-state index contributed by atoms with van der Waals surface area (Å²) in [6.07, 6.45) is 6.02. The van der Waals surface area contributed by atoms with Crippen LogP contribution >= 0.6 is 0 Å². The van der Waals surface area contributed by atoms with Gasteiger partial charge in [-0.25, -0.2) is 12.7 Å². The highest BCUT2D eigenvalue weighted by Gasteiger charge is 2.29. The lowest BCUT2D eigenvalue weighted by Crippen LogP contribution is -2.42. The first-order valence-corrected chi connectivity index (χ1v) is 10.5. The quantitative estimate of drug-likeness (QED) is 0.830. The van der Waals surface area contributed by atoms with Crippen molar-refractivity contribution in [1.82, 2.24) is 9.21 Å². The summed E-state index contributed by atoms with van der Waals surface area (Å²) in [7, 11) is -3.17. The molecule has 128 valence electrons. The summed E-state index contributed by atoms with van der Waals surface area (Å²) < 4.78 is 26.8. The van der Waals surface area contributed by atoms with Crippen molar-refractivity contribution in [3.05, 3.63) is 35.9 Å². The van der Waals surface area contributed by atoms with Crippen molar-refractivity contribution < 1.29 is 8.42 Å². The molecule has 0 amide bonds. The van der Waals surface area contributed by atoms with Crippen molar-refractivity contribution in [1.29, 1.82) is 0 Å². The normalized spacial score (nSPS) is 22.3. The molecule has 1 aromatic rings. The molecule has 4 nitrogen and oxygen atoms in total. The second-order valence-electron chi connectivity index (χ2n) is 6.95. The Kier molecular flexibility index (Phi) is 5.72. The first kappa shape index (κ1) is 16.9. The van der Waals surface area contributed by atoms with Crippen molar-refractivity contribution in [3.63, 3.8) is 0 Å². The van der Waals surface area contributed by atoms with E-state index in [-0.39, 0.29) is 5.75 Å². The van der Waals surface area contributed by atoms with Gasteiger partial charge in [0.15, 0.2) is 0 Å². The largest absolute Gasteiger partial charge is 0.303 e. The predicted molar refractivity (Wildman–Crippen MR) is 93.7 cm³/mol. The van der Waals surface area contributed by atoms with E-state index in [1.54, 1.807) is 4.31 Å². The number of hydrogen-bond donors (Lipinski definition) is 0. The lowest BCUT2D eigenvalue weighted by atomic mass is 9.96. The van der Waals surface area contributed by atoms with Gasteiger partial charge < -0.3 is 4.90 Å². The van der Waals surface area contributed by atoms with Gasteiger partial charge in [0.1, 0.15) is 0 Å². The summed E-state index contributed by atoms with van der Waals surface area (Å²) in [5.41, 5.74) is 0.878. The Morgan fingerprint density at radius 3 is 2.22 bits per heavy atom. The Morgan fingerprint density at radius 1 is 0.913 bits per heavy atom. The third-order valence-electron chi connectivity index (χ3n) is 5.12. The van der Waals surface area contributed by atoms with Crippen LogP contribution in [0, 0.1) is 5.92 Å². The SMILES string of the molecule is O=S(=O)(Cc1ccccc1)N1CCC(CN2CCCCC2)CC1. The van der Waals surface area contributed by atoms with E-state index in [0.717, 1.165) is 24.9 Å². The number of piperidine rings is 2. The van der Waals surface area contributed by atoms with Crippen LogP contribution in [0.3, 0.4) is 0 Å². The Bertz CT molecular complexity index is 574. The summed E-state index contributed by atoms with van der Waals surface area (Å²) in [5.74, 6) is 0.793. The van der Waals surface area contributed by atoms with Gasteiger partial charge in [-0.15, -0.1) is 0 Å². The van der Waals surface area contributed by atoms with Crippen LogP contribution in [0.1, 0.15) is 37.7 Å². The van der Waals surface area contributed by atoms with Crippen molar-refractivity contribution in [2.24, 2.45) is 5.92 Å². The molecule has 0 N–H and O–H groups in total. The molecule has 0 atom stereocenters. The average molecular weight is 337 g/mol. The molecule has 23 heavy (non-hydrogen) atoms.